The Morgan fingerprint density at radius 3 is 2.00 bits per heavy atom. The second-order valence-electron chi connectivity index (χ2n) is 5.80. The first-order valence-corrected chi connectivity index (χ1v) is 6.15. The minimum absolute atomic E-state index is 0.230. The molecule has 1 spiro atoms. The molecule has 0 atom stereocenters. The minimum atomic E-state index is 0.230. The van der Waals surface area contributed by atoms with Crippen molar-refractivity contribution >= 4 is 0 Å². The zero-order valence-electron chi connectivity index (χ0n) is 8.97. The molecule has 1 N–H and O–H groups in total. The molecule has 0 aromatic carbocycles. The van der Waals surface area contributed by atoms with E-state index in [1.807, 2.05) is 0 Å². The van der Waals surface area contributed by atoms with Crippen molar-refractivity contribution in [2.24, 2.45) is 5.41 Å². The topological polar surface area (TPSA) is 23.5 Å². The van der Waals surface area contributed by atoms with Crippen LogP contribution in [-0.2, 0) is 0 Å². The molecule has 0 radical (unpaired) electrons. The quantitative estimate of drug-likeness (QED) is 0.726. The SMILES string of the molecule is OCC1(N2CC3(CCCC3)C2)CCC1. The van der Waals surface area contributed by atoms with Gasteiger partial charge in [-0.05, 0) is 37.5 Å². The van der Waals surface area contributed by atoms with Crippen LogP contribution in [0.3, 0.4) is 0 Å². The van der Waals surface area contributed by atoms with E-state index in [1.165, 1.54) is 58.0 Å². The van der Waals surface area contributed by atoms with Gasteiger partial charge in [-0.2, -0.15) is 0 Å². The fraction of sp³-hybridized carbons (Fsp3) is 1.00. The summed E-state index contributed by atoms with van der Waals surface area (Å²) in [5.41, 5.74) is 0.922. The molecule has 0 amide bonds. The van der Waals surface area contributed by atoms with Gasteiger partial charge in [0.1, 0.15) is 0 Å². The molecule has 0 aromatic heterocycles. The molecule has 3 aliphatic rings. The number of hydrogen-bond acceptors (Lipinski definition) is 2. The average molecular weight is 195 g/mol. The highest BCUT2D eigenvalue weighted by atomic mass is 16.3. The molecule has 3 rings (SSSR count). The maximum atomic E-state index is 9.46. The summed E-state index contributed by atoms with van der Waals surface area (Å²) in [7, 11) is 0. The third-order valence-corrected chi connectivity index (χ3v) is 4.97. The Morgan fingerprint density at radius 1 is 0.929 bits per heavy atom. The van der Waals surface area contributed by atoms with E-state index in [0.29, 0.717) is 12.0 Å². The molecule has 3 fully saturated rings. The highest BCUT2D eigenvalue weighted by molar-refractivity contribution is 5.08. The summed E-state index contributed by atoms with van der Waals surface area (Å²) >= 11 is 0. The standard InChI is InChI=1S/C12H21NO/c14-10-12(6-3-7-12)13-8-11(9-13)4-1-2-5-11/h14H,1-10H2. The van der Waals surface area contributed by atoms with Crippen LogP contribution in [0.1, 0.15) is 44.9 Å². The van der Waals surface area contributed by atoms with Gasteiger partial charge >= 0.3 is 0 Å². The van der Waals surface area contributed by atoms with Gasteiger partial charge < -0.3 is 5.11 Å². The van der Waals surface area contributed by atoms with E-state index < -0.39 is 0 Å². The van der Waals surface area contributed by atoms with Crippen LogP contribution in [0.4, 0.5) is 0 Å². The Morgan fingerprint density at radius 2 is 1.57 bits per heavy atom. The molecule has 1 heterocycles. The van der Waals surface area contributed by atoms with Crippen molar-refractivity contribution < 1.29 is 5.11 Å². The molecular formula is C12H21NO. The van der Waals surface area contributed by atoms with Crippen LogP contribution >= 0.6 is 0 Å². The first-order chi connectivity index (χ1) is 6.79. The van der Waals surface area contributed by atoms with E-state index >= 15 is 0 Å². The van der Waals surface area contributed by atoms with Crippen LogP contribution < -0.4 is 0 Å². The fourth-order valence-corrected chi connectivity index (χ4v) is 3.70. The van der Waals surface area contributed by atoms with Gasteiger partial charge in [-0.3, -0.25) is 4.90 Å². The second kappa shape index (κ2) is 2.96. The van der Waals surface area contributed by atoms with Crippen molar-refractivity contribution in [3.8, 4) is 0 Å². The summed E-state index contributed by atoms with van der Waals surface area (Å²) in [4.78, 5) is 2.57. The normalized spacial score (nSPS) is 34.1. The van der Waals surface area contributed by atoms with E-state index in [2.05, 4.69) is 4.90 Å². The number of hydrogen-bond donors (Lipinski definition) is 1. The van der Waals surface area contributed by atoms with Gasteiger partial charge in [0, 0.05) is 18.6 Å². The molecule has 2 heteroatoms. The van der Waals surface area contributed by atoms with Crippen LogP contribution in [0, 0.1) is 5.41 Å². The largest absolute Gasteiger partial charge is 0.394 e. The summed E-state index contributed by atoms with van der Waals surface area (Å²) in [5.74, 6) is 0. The van der Waals surface area contributed by atoms with Gasteiger partial charge in [0.05, 0.1) is 6.61 Å². The Labute approximate surface area is 86.3 Å². The van der Waals surface area contributed by atoms with Gasteiger partial charge in [0.15, 0.2) is 0 Å². The van der Waals surface area contributed by atoms with Gasteiger partial charge in [-0.1, -0.05) is 12.8 Å². The molecule has 2 saturated carbocycles. The molecule has 1 saturated heterocycles. The van der Waals surface area contributed by atoms with Gasteiger partial charge in [-0.25, -0.2) is 0 Å². The lowest BCUT2D eigenvalue weighted by Gasteiger charge is -2.60. The third kappa shape index (κ3) is 1.10. The van der Waals surface area contributed by atoms with Crippen LogP contribution in [0.5, 0.6) is 0 Å². The van der Waals surface area contributed by atoms with Gasteiger partial charge in [-0.15, -0.1) is 0 Å². The summed E-state index contributed by atoms with van der Waals surface area (Å²) in [6, 6.07) is 0. The number of aliphatic hydroxyl groups is 1. The number of likely N-dealkylation sites (tertiary alicyclic amines) is 1. The molecule has 2 nitrogen and oxygen atoms in total. The van der Waals surface area contributed by atoms with Gasteiger partial charge in [0.2, 0.25) is 0 Å². The number of nitrogens with zero attached hydrogens (tertiary/aromatic N) is 1. The Hall–Kier alpha value is -0.0800. The number of aliphatic hydroxyl groups excluding tert-OH is 1. The molecular weight excluding hydrogens is 174 g/mol. The van der Waals surface area contributed by atoms with Crippen molar-refractivity contribution in [2.45, 2.75) is 50.5 Å². The van der Waals surface area contributed by atoms with E-state index in [0.717, 1.165) is 0 Å². The summed E-state index contributed by atoms with van der Waals surface area (Å²) in [6.45, 7) is 2.96. The van der Waals surface area contributed by atoms with Crippen molar-refractivity contribution in [3.63, 3.8) is 0 Å². The highest BCUT2D eigenvalue weighted by Crippen LogP contribution is 2.51. The fourth-order valence-electron chi connectivity index (χ4n) is 3.70. The predicted molar refractivity (Wildman–Crippen MR) is 56.1 cm³/mol. The molecule has 0 aromatic rings. The van der Waals surface area contributed by atoms with Crippen molar-refractivity contribution in [1.82, 2.24) is 4.90 Å². The minimum Gasteiger partial charge on any atom is -0.394 e. The maximum Gasteiger partial charge on any atom is 0.0615 e. The summed E-state index contributed by atoms with van der Waals surface area (Å²) in [5, 5.41) is 9.46. The first kappa shape index (κ1) is 9.17. The van der Waals surface area contributed by atoms with Crippen LogP contribution in [0.25, 0.3) is 0 Å². The van der Waals surface area contributed by atoms with E-state index in [4.69, 9.17) is 0 Å². The lowest BCUT2D eigenvalue weighted by molar-refractivity contribution is -0.128. The van der Waals surface area contributed by atoms with Crippen molar-refractivity contribution in [3.05, 3.63) is 0 Å². The smallest absolute Gasteiger partial charge is 0.0615 e. The van der Waals surface area contributed by atoms with Crippen molar-refractivity contribution in [2.75, 3.05) is 19.7 Å². The Kier molecular flexibility index (Phi) is 1.94. The first-order valence-electron chi connectivity index (χ1n) is 6.15. The zero-order chi connectivity index (χ0) is 9.65. The summed E-state index contributed by atoms with van der Waals surface area (Å²) < 4.78 is 0. The maximum absolute atomic E-state index is 9.46. The van der Waals surface area contributed by atoms with E-state index in [9.17, 15) is 5.11 Å². The van der Waals surface area contributed by atoms with Crippen LogP contribution in [-0.4, -0.2) is 35.2 Å². The van der Waals surface area contributed by atoms with E-state index in [-0.39, 0.29) is 5.54 Å². The molecule has 0 unspecified atom stereocenters. The molecule has 14 heavy (non-hydrogen) atoms. The molecule has 80 valence electrons. The van der Waals surface area contributed by atoms with Gasteiger partial charge in [0.25, 0.3) is 0 Å². The van der Waals surface area contributed by atoms with E-state index in [1.54, 1.807) is 0 Å². The third-order valence-electron chi connectivity index (χ3n) is 4.97. The van der Waals surface area contributed by atoms with Crippen LogP contribution in [0.2, 0.25) is 0 Å². The van der Waals surface area contributed by atoms with Crippen molar-refractivity contribution in [1.29, 1.82) is 0 Å². The lowest BCUT2D eigenvalue weighted by Crippen LogP contribution is -2.68. The Bertz CT molecular complexity index is 215. The number of rotatable bonds is 2. The highest BCUT2D eigenvalue weighted by Gasteiger charge is 2.53. The molecule has 1 aliphatic heterocycles. The monoisotopic (exact) mass is 195 g/mol. The predicted octanol–water partition coefficient (Wildman–Crippen LogP) is 1.78. The molecule has 2 aliphatic carbocycles. The Balaban J connectivity index is 1.62. The van der Waals surface area contributed by atoms with Crippen LogP contribution in [0.15, 0.2) is 0 Å². The average Bonchev–Trinajstić information content (AvgIpc) is 2.50. The summed E-state index contributed by atoms with van der Waals surface area (Å²) in [6.07, 6.45) is 9.58. The lowest BCUT2D eigenvalue weighted by atomic mass is 9.68. The zero-order valence-corrected chi connectivity index (χ0v) is 8.97. The second-order valence-corrected chi connectivity index (χ2v) is 5.80. The molecule has 0 bridgehead atoms.